The van der Waals surface area contributed by atoms with E-state index in [0.717, 1.165) is 46.1 Å². The molecule has 140 valence electrons. The standard InChI is InChI=1S/C22H26N4O/c1-14-8-9-20-18(10-14)19(11-21(24-20)17-12-23-25(4)13-17)22(27)26-15(2)6-5-7-16(26)3/h8-13,15-16H,5-7H2,1-4H3/t15-,16+. The molecule has 2 atom stereocenters. The molecular formula is C22H26N4O. The SMILES string of the molecule is Cc1ccc2nc(-c3cnn(C)c3)cc(C(=O)N3[C@H](C)CCC[C@@H]3C)c2c1. The lowest BCUT2D eigenvalue weighted by Gasteiger charge is -2.39. The van der Waals surface area contributed by atoms with Gasteiger partial charge < -0.3 is 4.90 Å². The minimum absolute atomic E-state index is 0.109. The van der Waals surface area contributed by atoms with Crippen LogP contribution in [0.25, 0.3) is 22.2 Å². The number of nitrogens with zero attached hydrogens (tertiary/aromatic N) is 4. The van der Waals surface area contributed by atoms with Crippen molar-refractivity contribution in [3.8, 4) is 11.3 Å². The molecule has 2 aromatic heterocycles. The fourth-order valence-electron chi connectivity index (χ4n) is 4.18. The quantitative estimate of drug-likeness (QED) is 0.681. The summed E-state index contributed by atoms with van der Waals surface area (Å²) in [6.07, 6.45) is 7.04. The first-order valence-corrected chi connectivity index (χ1v) is 9.67. The molecule has 0 bridgehead atoms. The second-order valence-electron chi connectivity index (χ2n) is 7.82. The molecule has 3 heterocycles. The third-order valence-electron chi connectivity index (χ3n) is 5.62. The molecule has 0 spiro atoms. The van der Waals surface area contributed by atoms with Gasteiger partial charge in [0.15, 0.2) is 0 Å². The van der Waals surface area contributed by atoms with Gasteiger partial charge in [-0.15, -0.1) is 0 Å². The van der Waals surface area contributed by atoms with E-state index in [1.54, 1.807) is 10.9 Å². The number of likely N-dealkylation sites (tertiary alicyclic amines) is 1. The molecule has 3 aromatic rings. The van der Waals surface area contributed by atoms with E-state index in [1.807, 2.05) is 31.4 Å². The van der Waals surface area contributed by atoms with Crippen LogP contribution in [0.3, 0.4) is 0 Å². The molecule has 1 aliphatic heterocycles. The van der Waals surface area contributed by atoms with E-state index in [-0.39, 0.29) is 18.0 Å². The van der Waals surface area contributed by atoms with Crippen molar-refractivity contribution >= 4 is 16.8 Å². The zero-order valence-electron chi connectivity index (χ0n) is 16.4. The predicted molar refractivity (Wildman–Crippen MR) is 108 cm³/mol. The van der Waals surface area contributed by atoms with E-state index >= 15 is 0 Å². The van der Waals surface area contributed by atoms with Crippen molar-refractivity contribution < 1.29 is 4.79 Å². The third-order valence-corrected chi connectivity index (χ3v) is 5.62. The molecule has 0 saturated carbocycles. The maximum absolute atomic E-state index is 13.6. The summed E-state index contributed by atoms with van der Waals surface area (Å²) >= 11 is 0. The number of carbonyl (C=O) groups is 1. The molecule has 1 aliphatic rings. The number of benzene rings is 1. The predicted octanol–water partition coefficient (Wildman–Crippen LogP) is 4.35. The first-order chi connectivity index (χ1) is 12.9. The molecule has 1 amide bonds. The number of carbonyl (C=O) groups excluding carboxylic acids is 1. The van der Waals surface area contributed by atoms with Crippen molar-refractivity contribution in [3.05, 3.63) is 47.8 Å². The van der Waals surface area contributed by atoms with Gasteiger partial charge in [-0.2, -0.15) is 5.10 Å². The summed E-state index contributed by atoms with van der Waals surface area (Å²) in [6.45, 7) is 6.36. The van der Waals surface area contributed by atoms with Gasteiger partial charge in [0, 0.05) is 36.3 Å². The van der Waals surface area contributed by atoms with E-state index in [9.17, 15) is 4.79 Å². The second-order valence-corrected chi connectivity index (χ2v) is 7.82. The number of pyridine rings is 1. The Labute approximate surface area is 160 Å². The van der Waals surface area contributed by atoms with Gasteiger partial charge in [-0.3, -0.25) is 9.48 Å². The fraction of sp³-hybridized carbons (Fsp3) is 0.409. The van der Waals surface area contributed by atoms with E-state index in [4.69, 9.17) is 4.98 Å². The van der Waals surface area contributed by atoms with Crippen molar-refractivity contribution in [1.82, 2.24) is 19.7 Å². The molecule has 5 heteroatoms. The Morgan fingerprint density at radius 2 is 1.89 bits per heavy atom. The van der Waals surface area contributed by atoms with E-state index in [0.29, 0.717) is 0 Å². The normalized spacial score (nSPS) is 20.2. The lowest BCUT2D eigenvalue weighted by Crippen LogP contribution is -2.47. The van der Waals surface area contributed by atoms with Crippen molar-refractivity contribution in [1.29, 1.82) is 0 Å². The highest BCUT2D eigenvalue weighted by atomic mass is 16.2. The number of hydrogen-bond donors (Lipinski definition) is 0. The Bertz CT molecular complexity index is 997. The minimum Gasteiger partial charge on any atom is -0.333 e. The Hall–Kier alpha value is -2.69. The maximum Gasteiger partial charge on any atom is 0.255 e. The van der Waals surface area contributed by atoms with Crippen LogP contribution < -0.4 is 0 Å². The first kappa shape index (κ1) is 17.7. The van der Waals surface area contributed by atoms with E-state index in [2.05, 4.69) is 36.8 Å². The fourth-order valence-corrected chi connectivity index (χ4v) is 4.18. The second kappa shape index (κ2) is 6.80. The highest BCUT2D eigenvalue weighted by Crippen LogP contribution is 2.30. The van der Waals surface area contributed by atoms with Crippen molar-refractivity contribution in [3.63, 3.8) is 0 Å². The Morgan fingerprint density at radius 1 is 1.15 bits per heavy atom. The molecule has 0 aliphatic carbocycles. The number of amides is 1. The molecule has 1 saturated heterocycles. The summed E-state index contributed by atoms with van der Waals surface area (Å²) in [5, 5.41) is 5.19. The van der Waals surface area contributed by atoms with E-state index in [1.165, 1.54) is 6.42 Å². The molecule has 1 fully saturated rings. The van der Waals surface area contributed by atoms with Crippen LogP contribution in [0.2, 0.25) is 0 Å². The lowest BCUT2D eigenvalue weighted by molar-refractivity contribution is 0.0513. The lowest BCUT2D eigenvalue weighted by atomic mass is 9.95. The number of aryl methyl sites for hydroxylation is 2. The van der Waals surface area contributed by atoms with Gasteiger partial charge in [-0.25, -0.2) is 4.98 Å². The topological polar surface area (TPSA) is 51.0 Å². The van der Waals surface area contributed by atoms with Crippen LogP contribution in [0.4, 0.5) is 0 Å². The number of rotatable bonds is 2. The van der Waals surface area contributed by atoms with Gasteiger partial charge in [0.25, 0.3) is 5.91 Å². The average Bonchev–Trinajstić information content (AvgIpc) is 3.07. The van der Waals surface area contributed by atoms with Gasteiger partial charge in [0.05, 0.1) is 23.0 Å². The number of fused-ring (bicyclic) bond motifs is 1. The largest absolute Gasteiger partial charge is 0.333 e. The molecule has 27 heavy (non-hydrogen) atoms. The smallest absolute Gasteiger partial charge is 0.255 e. The summed E-state index contributed by atoms with van der Waals surface area (Å²) < 4.78 is 1.76. The van der Waals surface area contributed by atoms with Crippen LogP contribution in [-0.2, 0) is 7.05 Å². The summed E-state index contributed by atoms with van der Waals surface area (Å²) in [4.78, 5) is 20.5. The number of hydrogen-bond acceptors (Lipinski definition) is 3. The summed E-state index contributed by atoms with van der Waals surface area (Å²) in [5.41, 5.74) is 4.44. The molecule has 0 unspecified atom stereocenters. The molecule has 0 N–H and O–H groups in total. The van der Waals surface area contributed by atoms with Crippen LogP contribution in [0.1, 0.15) is 49.0 Å². The number of piperidine rings is 1. The van der Waals surface area contributed by atoms with Gasteiger partial charge in [0.1, 0.15) is 0 Å². The monoisotopic (exact) mass is 362 g/mol. The summed E-state index contributed by atoms with van der Waals surface area (Å²) in [6, 6.07) is 8.58. The zero-order valence-corrected chi connectivity index (χ0v) is 16.4. The molecule has 4 rings (SSSR count). The molecular weight excluding hydrogens is 336 g/mol. The number of aromatic nitrogens is 3. The molecule has 0 radical (unpaired) electrons. The Kier molecular flexibility index (Phi) is 4.46. The van der Waals surface area contributed by atoms with Crippen LogP contribution in [0.15, 0.2) is 36.7 Å². The Morgan fingerprint density at radius 3 is 2.56 bits per heavy atom. The maximum atomic E-state index is 13.6. The van der Waals surface area contributed by atoms with Crippen LogP contribution in [-0.4, -0.2) is 37.7 Å². The highest BCUT2D eigenvalue weighted by Gasteiger charge is 2.31. The Balaban J connectivity index is 1.89. The molecule has 1 aromatic carbocycles. The van der Waals surface area contributed by atoms with E-state index < -0.39 is 0 Å². The van der Waals surface area contributed by atoms with Crippen molar-refractivity contribution in [2.45, 2.75) is 52.1 Å². The van der Waals surface area contributed by atoms with Crippen LogP contribution in [0, 0.1) is 6.92 Å². The highest BCUT2D eigenvalue weighted by molar-refractivity contribution is 6.07. The van der Waals surface area contributed by atoms with Crippen LogP contribution >= 0.6 is 0 Å². The van der Waals surface area contributed by atoms with Crippen molar-refractivity contribution in [2.75, 3.05) is 0 Å². The third kappa shape index (κ3) is 3.22. The summed E-state index contributed by atoms with van der Waals surface area (Å²) in [7, 11) is 1.89. The van der Waals surface area contributed by atoms with Crippen molar-refractivity contribution in [2.24, 2.45) is 7.05 Å². The minimum atomic E-state index is 0.109. The summed E-state index contributed by atoms with van der Waals surface area (Å²) in [5.74, 6) is 0.109. The first-order valence-electron chi connectivity index (χ1n) is 9.67. The van der Waals surface area contributed by atoms with Gasteiger partial charge >= 0.3 is 0 Å². The van der Waals surface area contributed by atoms with Gasteiger partial charge in [-0.05, 0) is 58.2 Å². The van der Waals surface area contributed by atoms with Gasteiger partial charge in [0.2, 0.25) is 0 Å². The average molecular weight is 362 g/mol. The van der Waals surface area contributed by atoms with Gasteiger partial charge in [-0.1, -0.05) is 11.6 Å². The zero-order chi connectivity index (χ0) is 19.1. The molecule has 5 nitrogen and oxygen atoms in total. The van der Waals surface area contributed by atoms with Crippen LogP contribution in [0.5, 0.6) is 0 Å².